The molecule has 0 aliphatic rings. The van der Waals surface area contributed by atoms with Gasteiger partial charge in [0, 0.05) is 18.8 Å². The van der Waals surface area contributed by atoms with Gasteiger partial charge in [-0.05, 0) is 36.2 Å². The average molecular weight is 322 g/mol. The molecule has 3 N–H and O–H groups in total. The van der Waals surface area contributed by atoms with E-state index < -0.39 is 0 Å². The molecule has 0 radical (unpaired) electrons. The lowest BCUT2D eigenvalue weighted by Gasteiger charge is -2.08. The molecule has 2 amide bonds. The molecule has 1 aromatic heterocycles. The van der Waals surface area contributed by atoms with Crippen LogP contribution in [0.5, 0.6) is 5.75 Å². The number of rotatable bonds is 3. The first-order chi connectivity index (χ1) is 11.5. The molecule has 6 nitrogen and oxygen atoms in total. The first-order valence-electron chi connectivity index (χ1n) is 7.50. The Labute approximate surface area is 139 Å². The van der Waals surface area contributed by atoms with E-state index in [0.717, 1.165) is 16.8 Å². The first kappa shape index (κ1) is 15.6. The minimum Gasteiger partial charge on any atom is -0.508 e. The highest BCUT2D eigenvalue weighted by atomic mass is 16.3. The molecule has 24 heavy (non-hydrogen) atoms. The molecule has 0 saturated heterocycles. The van der Waals surface area contributed by atoms with Gasteiger partial charge in [-0.1, -0.05) is 30.3 Å². The summed E-state index contributed by atoms with van der Waals surface area (Å²) in [6, 6.07) is 16.0. The van der Waals surface area contributed by atoms with Gasteiger partial charge in [0.25, 0.3) is 0 Å². The number of aryl methyl sites for hydroxylation is 2. The van der Waals surface area contributed by atoms with E-state index in [1.54, 1.807) is 16.8 Å². The van der Waals surface area contributed by atoms with Crippen molar-refractivity contribution in [1.29, 1.82) is 0 Å². The van der Waals surface area contributed by atoms with Crippen molar-refractivity contribution < 1.29 is 9.90 Å². The Balaban J connectivity index is 1.73. The fourth-order valence-electron chi connectivity index (χ4n) is 2.47. The number of hydrogen-bond acceptors (Lipinski definition) is 3. The zero-order valence-corrected chi connectivity index (χ0v) is 13.4. The van der Waals surface area contributed by atoms with Crippen LogP contribution in [0.15, 0.2) is 54.6 Å². The molecule has 0 atom stereocenters. The summed E-state index contributed by atoms with van der Waals surface area (Å²) >= 11 is 0. The number of nitrogens with one attached hydrogen (secondary N) is 2. The normalized spacial score (nSPS) is 10.4. The number of benzene rings is 2. The molecule has 122 valence electrons. The van der Waals surface area contributed by atoms with Gasteiger partial charge in [0.1, 0.15) is 5.75 Å². The summed E-state index contributed by atoms with van der Waals surface area (Å²) in [5.74, 6) is 0.626. The van der Waals surface area contributed by atoms with Crippen molar-refractivity contribution in [3.05, 3.63) is 60.2 Å². The number of aromatic hydroxyl groups is 1. The Kier molecular flexibility index (Phi) is 4.20. The predicted molar refractivity (Wildman–Crippen MR) is 94.1 cm³/mol. The standard InChI is InChI=1S/C18H18N4O2/c1-12-10-14(23)8-9-15(12)19-18(24)20-17-11-16(22(2)21-17)13-6-4-3-5-7-13/h3-11,23H,1-2H3,(H2,19,20,21,24). The summed E-state index contributed by atoms with van der Waals surface area (Å²) < 4.78 is 1.72. The molecule has 0 fully saturated rings. The zero-order valence-electron chi connectivity index (χ0n) is 13.4. The second kappa shape index (κ2) is 6.45. The van der Waals surface area contributed by atoms with E-state index in [2.05, 4.69) is 15.7 Å². The number of urea groups is 1. The van der Waals surface area contributed by atoms with Gasteiger partial charge in [-0.3, -0.25) is 10.00 Å². The molecule has 0 aliphatic heterocycles. The number of anilines is 2. The van der Waals surface area contributed by atoms with E-state index in [-0.39, 0.29) is 11.8 Å². The summed E-state index contributed by atoms with van der Waals surface area (Å²) in [6.07, 6.45) is 0. The van der Waals surface area contributed by atoms with E-state index in [4.69, 9.17) is 0 Å². The van der Waals surface area contributed by atoms with Crippen LogP contribution in [0, 0.1) is 6.92 Å². The summed E-state index contributed by atoms with van der Waals surface area (Å²) in [5.41, 5.74) is 3.34. The number of nitrogens with zero attached hydrogens (tertiary/aromatic N) is 2. The summed E-state index contributed by atoms with van der Waals surface area (Å²) in [7, 11) is 1.83. The maximum atomic E-state index is 12.1. The number of phenols is 1. The van der Waals surface area contributed by atoms with Crippen LogP contribution in [-0.4, -0.2) is 20.9 Å². The number of amides is 2. The minimum atomic E-state index is -0.387. The van der Waals surface area contributed by atoms with Gasteiger partial charge < -0.3 is 10.4 Å². The summed E-state index contributed by atoms with van der Waals surface area (Å²) in [6.45, 7) is 1.81. The third-order valence-corrected chi connectivity index (χ3v) is 3.65. The molecule has 0 bridgehead atoms. The Hall–Kier alpha value is -3.28. The second-order valence-corrected chi connectivity index (χ2v) is 5.48. The third kappa shape index (κ3) is 3.38. The third-order valence-electron chi connectivity index (χ3n) is 3.65. The smallest absolute Gasteiger partial charge is 0.324 e. The van der Waals surface area contributed by atoms with E-state index >= 15 is 0 Å². The first-order valence-corrected chi connectivity index (χ1v) is 7.50. The lowest BCUT2D eigenvalue weighted by molar-refractivity contribution is 0.262. The summed E-state index contributed by atoms with van der Waals surface area (Å²) in [4.78, 5) is 12.1. The summed E-state index contributed by atoms with van der Waals surface area (Å²) in [5, 5.41) is 19.2. The van der Waals surface area contributed by atoms with Gasteiger partial charge >= 0.3 is 6.03 Å². The molecule has 6 heteroatoms. The molecule has 0 saturated carbocycles. The van der Waals surface area contributed by atoms with E-state index in [1.807, 2.05) is 50.4 Å². The van der Waals surface area contributed by atoms with Gasteiger partial charge in [-0.25, -0.2) is 4.79 Å². The van der Waals surface area contributed by atoms with Gasteiger partial charge in [0.15, 0.2) is 5.82 Å². The van der Waals surface area contributed by atoms with Crippen LogP contribution in [0.25, 0.3) is 11.3 Å². The predicted octanol–water partition coefficient (Wildman–Crippen LogP) is 3.75. The number of carbonyl (C=O) groups is 1. The Bertz CT molecular complexity index is 872. The molecular weight excluding hydrogens is 304 g/mol. The molecule has 0 aliphatic carbocycles. The van der Waals surface area contributed by atoms with Gasteiger partial charge in [0.05, 0.1) is 5.69 Å². The molecule has 2 aromatic carbocycles. The lowest BCUT2D eigenvalue weighted by atomic mass is 10.1. The van der Waals surface area contributed by atoms with Crippen LogP contribution < -0.4 is 10.6 Å². The van der Waals surface area contributed by atoms with Gasteiger partial charge in [-0.2, -0.15) is 5.10 Å². The Morgan fingerprint density at radius 1 is 1.08 bits per heavy atom. The fraction of sp³-hybridized carbons (Fsp3) is 0.111. The molecule has 0 unspecified atom stereocenters. The number of phenolic OH excluding ortho intramolecular Hbond substituents is 1. The van der Waals surface area contributed by atoms with Crippen molar-refractivity contribution >= 4 is 17.5 Å². The molecule has 3 rings (SSSR count). The monoisotopic (exact) mass is 322 g/mol. The largest absolute Gasteiger partial charge is 0.508 e. The topological polar surface area (TPSA) is 79.2 Å². The van der Waals surface area contributed by atoms with Crippen LogP contribution in [0.3, 0.4) is 0 Å². The fourth-order valence-corrected chi connectivity index (χ4v) is 2.47. The lowest BCUT2D eigenvalue weighted by Crippen LogP contribution is -2.20. The van der Waals surface area contributed by atoms with E-state index in [9.17, 15) is 9.90 Å². The molecule has 3 aromatic rings. The van der Waals surface area contributed by atoms with Crippen LogP contribution in [-0.2, 0) is 7.05 Å². The van der Waals surface area contributed by atoms with Gasteiger partial charge in [0.2, 0.25) is 0 Å². The van der Waals surface area contributed by atoms with Gasteiger partial charge in [-0.15, -0.1) is 0 Å². The highest BCUT2D eigenvalue weighted by Crippen LogP contribution is 2.23. The number of hydrogen-bond donors (Lipinski definition) is 3. The minimum absolute atomic E-state index is 0.163. The van der Waals surface area contributed by atoms with E-state index in [0.29, 0.717) is 11.5 Å². The van der Waals surface area contributed by atoms with Crippen molar-refractivity contribution in [2.24, 2.45) is 7.05 Å². The zero-order chi connectivity index (χ0) is 17.1. The van der Waals surface area contributed by atoms with E-state index in [1.165, 1.54) is 6.07 Å². The maximum Gasteiger partial charge on any atom is 0.324 e. The maximum absolute atomic E-state index is 12.1. The van der Waals surface area contributed by atoms with Crippen molar-refractivity contribution in [3.8, 4) is 17.0 Å². The van der Waals surface area contributed by atoms with Crippen LogP contribution in [0.2, 0.25) is 0 Å². The van der Waals surface area contributed by atoms with Crippen molar-refractivity contribution in [2.45, 2.75) is 6.92 Å². The van der Waals surface area contributed by atoms with Crippen LogP contribution in [0.1, 0.15) is 5.56 Å². The highest BCUT2D eigenvalue weighted by molar-refractivity contribution is 5.99. The van der Waals surface area contributed by atoms with Crippen LogP contribution in [0.4, 0.5) is 16.3 Å². The highest BCUT2D eigenvalue weighted by Gasteiger charge is 2.11. The second-order valence-electron chi connectivity index (χ2n) is 5.48. The van der Waals surface area contributed by atoms with Crippen molar-refractivity contribution in [2.75, 3.05) is 10.6 Å². The van der Waals surface area contributed by atoms with Crippen molar-refractivity contribution in [1.82, 2.24) is 9.78 Å². The van der Waals surface area contributed by atoms with Crippen LogP contribution >= 0.6 is 0 Å². The van der Waals surface area contributed by atoms with Crippen molar-refractivity contribution in [3.63, 3.8) is 0 Å². The number of aromatic nitrogens is 2. The number of carbonyl (C=O) groups excluding carboxylic acids is 1. The average Bonchev–Trinajstić information content (AvgIpc) is 2.91. The quantitative estimate of drug-likeness (QED) is 0.643. The molecule has 1 heterocycles. The Morgan fingerprint density at radius 2 is 1.83 bits per heavy atom. The SMILES string of the molecule is Cc1cc(O)ccc1NC(=O)Nc1cc(-c2ccccc2)n(C)n1. The Morgan fingerprint density at radius 3 is 2.54 bits per heavy atom. The molecular formula is C18H18N4O2. The molecule has 0 spiro atoms.